The fourth-order valence-corrected chi connectivity index (χ4v) is 4.54. The average Bonchev–Trinajstić information content (AvgIpc) is 2.77. The van der Waals surface area contributed by atoms with E-state index < -0.39 is 28.1 Å². The molecule has 1 fully saturated rings. The monoisotopic (exact) mass is 432 g/mol. The second-order valence-corrected chi connectivity index (χ2v) is 8.75. The molecule has 2 N–H and O–H groups in total. The van der Waals surface area contributed by atoms with Gasteiger partial charge in [0, 0.05) is 25.5 Å². The van der Waals surface area contributed by atoms with Crippen molar-refractivity contribution >= 4 is 21.8 Å². The zero-order chi connectivity index (χ0) is 21.6. The summed E-state index contributed by atoms with van der Waals surface area (Å²) < 4.78 is 32.8. The average molecular weight is 433 g/mol. The molecule has 0 spiro atoms. The molecule has 10 heteroatoms. The van der Waals surface area contributed by atoms with Gasteiger partial charge in [0.1, 0.15) is 6.23 Å². The number of pyridine rings is 1. The Morgan fingerprint density at radius 3 is 2.60 bits per heavy atom. The minimum atomic E-state index is -3.79. The number of amides is 2. The lowest BCUT2D eigenvalue weighted by molar-refractivity contribution is -0.140. The summed E-state index contributed by atoms with van der Waals surface area (Å²) in [7, 11) is -3.79. The van der Waals surface area contributed by atoms with Crippen LogP contribution in [-0.4, -0.2) is 55.4 Å². The molecule has 9 nitrogen and oxygen atoms in total. The predicted octanol–water partition coefficient (Wildman–Crippen LogP) is 0.560. The molecule has 3 rings (SSSR count). The molecule has 0 radical (unpaired) electrons. The number of nitrogens with one attached hydrogen (secondary N) is 2. The van der Waals surface area contributed by atoms with Crippen LogP contribution in [-0.2, 0) is 30.9 Å². The van der Waals surface area contributed by atoms with Crippen LogP contribution in [0.4, 0.5) is 0 Å². The Bertz CT molecular complexity index is 980. The molecule has 0 bridgehead atoms. The molecule has 1 aromatic carbocycles. The van der Waals surface area contributed by atoms with Gasteiger partial charge in [0.05, 0.1) is 18.0 Å². The molecule has 2 amide bonds. The lowest BCUT2D eigenvalue weighted by Gasteiger charge is -2.34. The molecule has 0 aliphatic carbocycles. The Labute approximate surface area is 175 Å². The van der Waals surface area contributed by atoms with Crippen LogP contribution in [0.25, 0.3) is 0 Å². The summed E-state index contributed by atoms with van der Waals surface area (Å²) in [5.74, 6) is -1.68. The van der Waals surface area contributed by atoms with E-state index in [1.807, 2.05) is 6.92 Å². The van der Waals surface area contributed by atoms with Gasteiger partial charge in [0.15, 0.2) is 0 Å². The Hall–Kier alpha value is -2.82. The zero-order valence-corrected chi connectivity index (χ0v) is 17.4. The summed E-state index contributed by atoms with van der Waals surface area (Å²) >= 11 is 0. The van der Waals surface area contributed by atoms with Crippen LogP contribution in [0.15, 0.2) is 53.7 Å². The van der Waals surface area contributed by atoms with Crippen LogP contribution >= 0.6 is 0 Å². The minimum Gasteiger partial charge on any atom is -0.360 e. The third-order valence-electron chi connectivity index (χ3n) is 4.60. The van der Waals surface area contributed by atoms with E-state index in [1.54, 1.807) is 48.8 Å². The highest BCUT2D eigenvalue weighted by Crippen LogP contribution is 2.22. The number of aromatic nitrogens is 1. The van der Waals surface area contributed by atoms with Gasteiger partial charge in [-0.25, -0.2) is 8.42 Å². The van der Waals surface area contributed by atoms with Crippen molar-refractivity contribution < 1.29 is 22.7 Å². The van der Waals surface area contributed by atoms with Gasteiger partial charge in [-0.05, 0) is 37.1 Å². The van der Waals surface area contributed by atoms with Crippen molar-refractivity contribution in [3.63, 3.8) is 0 Å². The van der Waals surface area contributed by atoms with E-state index in [0.717, 1.165) is 11.1 Å². The Balaban J connectivity index is 1.59. The third kappa shape index (κ3) is 5.41. The van der Waals surface area contributed by atoms with E-state index in [1.165, 1.54) is 4.31 Å². The Morgan fingerprint density at radius 1 is 1.17 bits per heavy atom. The first kappa shape index (κ1) is 21.9. The molecule has 30 heavy (non-hydrogen) atoms. The largest absolute Gasteiger partial charge is 0.360 e. The Morgan fingerprint density at radius 2 is 1.90 bits per heavy atom. The van der Waals surface area contributed by atoms with Crippen LogP contribution < -0.4 is 10.6 Å². The third-order valence-corrected chi connectivity index (χ3v) is 6.50. The first-order valence-corrected chi connectivity index (χ1v) is 11.0. The second-order valence-electron chi connectivity index (χ2n) is 6.86. The number of aryl methyl sites for hydroxylation is 1. The van der Waals surface area contributed by atoms with Gasteiger partial charge in [-0.2, -0.15) is 4.31 Å². The topological polar surface area (TPSA) is 118 Å². The van der Waals surface area contributed by atoms with Crippen molar-refractivity contribution in [2.24, 2.45) is 0 Å². The number of carbonyl (C=O) groups excluding carboxylic acids is 2. The number of rotatable bonds is 6. The number of ether oxygens (including phenoxy) is 1. The van der Waals surface area contributed by atoms with E-state index in [0.29, 0.717) is 13.0 Å². The number of carbonyl (C=O) groups is 2. The molecule has 2 heterocycles. The van der Waals surface area contributed by atoms with Crippen molar-refractivity contribution in [1.29, 1.82) is 0 Å². The quantitative estimate of drug-likeness (QED) is 0.644. The van der Waals surface area contributed by atoms with Gasteiger partial charge >= 0.3 is 11.8 Å². The minimum absolute atomic E-state index is 0.135. The summed E-state index contributed by atoms with van der Waals surface area (Å²) in [5.41, 5.74) is 1.70. The normalized spacial score (nSPS) is 17.3. The maximum Gasteiger partial charge on any atom is 0.309 e. The molecule has 1 saturated heterocycles. The van der Waals surface area contributed by atoms with Crippen LogP contribution in [0.2, 0.25) is 0 Å². The smallest absolute Gasteiger partial charge is 0.309 e. The van der Waals surface area contributed by atoms with Gasteiger partial charge < -0.3 is 15.4 Å². The van der Waals surface area contributed by atoms with Crippen molar-refractivity contribution in [3.8, 4) is 0 Å². The first-order chi connectivity index (χ1) is 14.4. The highest BCUT2D eigenvalue weighted by Gasteiger charge is 2.34. The molecule has 1 atom stereocenters. The van der Waals surface area contributed by atoms with E-state index in [4.69, 9.17) is 4.74 Å². The fourth-order valence-electron chi connectivity index (χ4n) is 2.97. The number of hydrogen-bond donors (Lipinski definition) is 2. The maximum absolute atomic E-state index is 13.0. The van der Waals surface area contributed by atoms with Crippen LogP contribution in [0.1, 0.15) is 17.5 Å². The lowest BCUT2D eigenvalue weighted by Crippen LogP contribution is -2.53. The summed E-state index contributed by atoms with van der Waals surface area (Å²) in [6.07, 6.45) is 2.85. The van der Waals surface area contributed by atoms with Crippen molar-refractivity contribution in [3.05, 3.63) is 59.9 Å². The summed E-state index contributed by atoms with van der Waals surface area (Å²) in [6, 6.07) is 10.0. The van der Waals surface area contributed by atoms with E-state index in [9.17, 15) is 18.0 Å². The molecule has 0 saturated carbocycles. The molecule has 160 valence electrons. The van der Waals surface area contributed by atoms with Gasteiger partial charge in [-0.1, -0.05) is 23.8 Å². The zero-order valence-electron chi connectivity index (χ0n) is 16.6. The van der Waals surface area contributed by atoms with Gasteiger partial charge in [-0.15, -0.1) is 0 Å². The second kappa shape index (κ2) is 9.79. The van der Waals surface area contributed by atoms with E-state index >= 15 is 0 Å². The summed E-state index contributed by atoms with van der Waals surface area (Å²) in [6.45, 7) is 2.54. The first-order valence-electron chi connectivity index (χ1n) is 9.53. The van der Waals surface area contributed by atoms with Crippen LogP contribution in [0.5, 0.6) is 0 Å². The van der Waals surface area contributed by atoms with Gasteiger partial charge in [0.2, 0.25) is 10.0 Å². The molecular formula is C20H24N4O5S. The van der Waals surface area contributed by atoms with E-state index in [2.05, 4.69) is 15.6 Å². The summed E-state index contributed by atoms with van der Waals surface area (Å²) in [4.78, 5) is 28.2. The number of nitrogens with zero attached hydrogens (tertiary/aromatic N) is 2. The SMILES string of the molecule is Cc1ccc(S(=O)(=O)N2CCCO[C@H]2CNC(=O)C(=O)NCc2cccnc2)cc1. The summed E-state index contributed by atoms with van der Waals surface area (Å²) in [5, 5.41) is 4.95. The highest BCUT2D eigenvalue weighted by atomic mass is 32.2. The predicted molar refractivity (Wildman–Crippen MR) is 109 cm³/mol. The van der Waals surface area contributed by atoms with Crippen molar-refractivity contribution in [2.75, 3.05) is 19.7 Å². The highest BCUT2D eigenvalue weighted by molar-refractivity contribution is 7.89. The number of benzene rings is 1. The molecule has 0 unspecified atom stereocenters. The standard InChI is InChI=1S/C20H24N4O5S/c1-15-5-7-17(8-6-15)30(27,28)24-10-3-11-29-18(24)14-23-20(26)19(25)22-13-16-4-2-9-21-12-16/h2,4-9,12,18H,3,10-11,13-14H2,1H3,(H,22,25)(H,23,26)/t18-/m0/s1. The molecule has 1 aliphatic rings. The van der Waals surface area contributed by atoms with Crippen LogP contribution in [0.3, 0.4) is 0 Å². The van der Waals surface area contributed by atoms with Crippen molar-refractivity contribution in [2.45, 2.75) is 31.0 Å². The van der Waals surface area contributed by atoms with Gasteiger partial charge in [0.25, 0.3) is 0 Å². The molecule has 1 aromatic heterocycles. The molecule has 1 aliphatic heterocycles. The number of sulfonamides is 1. The molecule has 2 aromatic rings. The van der Waals surface area contributed by atoms with Gasteiger partial charge in [-0.3, -0.25) is 14.6 Å². The molecular weight excluding hydrogens is 408 g/mol. The Kier molecular flexibility index (Phi) is 7.14. The number of hydrogen-bond acceptors (Lipinski definition) is 6. The van der Waals surface area contributed by atoms with Crippen molar-refractivity contribution in [1.82, 2.24) is 19.9 Å². The fraction of sp³-hybridized carbons (Fsp3) is 0.350. The van der Waals surface area contributed by atoms with Crippen LogP contribution in [0, 0.1) is 6.92 Å². The maximum atomic E-state index is 13.0. The van der Waals surface area contributed by atoms with E-state index in [-0.39, 0.29) is 24.5 Å². The lowest BCUT2D eigenvalue weighted by atomic mass is 10.2.